The summed E-state index contributed by atoms with van der Waals surface area (Å²) < 4.78 is 1.89. The molecule has 1 aliphatic rings. The van der Waals surface area contributed by atoms with E-state index in [2.05, 4.69) is 15.3 Å². The topological polar surface area (TPSA) is 33.7 Å². The maximum Gasteiger partial charge on any atom is 0.231 e. The van der Waals surface area contributed by atoms with E-state index >= 15 is 0 Å². The van der Waals surface area contributed by atoms with E-state index in [1.807, 2.05) is 23.6 Å². The molecule has 0 amide bonds. The highest BCUT2D eigenvalue weighted by Crippen LogP contribution is 2.32. The van der Waals surface area contributed by atoms with Crippen molar-refractivity contribution in [2.24, 2.45) is 0 Å². The van der Waals surface area contributed by atoms with Crippen LogP contribution in [-0.2, 0) is 0 Å². The highest BCUT2D eigenvalue weighted by molar-refractivity contribution is 5.85. The largest absolute Gasteiger partial charge is 0.389 e. The molecule has 0 bridgehead atoms. The average molecular weight is 240 g/mol. The molecular weight excluding hydrogens is 224 g/mol. The Morgan fingerprint density at radius 1 is 1.39 bits per heavy atom. The van der Waals surface area contributed by atoms with E-state index in [4.69, 9.17) is 6.57 Å². The fraction of sp³-hybridized carbons (Fsp3) is 0.429. The third-order valence-corrected chi connectivity index (χ3v) is 3.68. The van der Waals surface area contributed by atoms with E-state index in [-0.39, 0.29) is 0 Å². The maximum atomic E-state index is 7.28. The van der Waals surface area contributed by atoms with Crippen LogP contribution in [0.2, 0.25) is 0 Å². The monoisotopic (exact) mass is 240 g/mol. The van der Waals surface area contributed by atoms with Crippen molar-refractivity contribution >= 4 is 16.9 Å². The van der Waals surface area contributed by atoms with Crippen molar-refractivity contribution < 1.29 is 0 Å². The predicted octanol–water partition coefficient (Wildman–Crippen LogP) is 3.55. The van der Waals surface area contributed by atoms with Gasteiger partial charge in [0.05, 0.1) is 24.0 Å². The molecule has 1 N–H and O–H groups in total. The molecule has 0 spiro atoms. The molecule has 0 aromatic carbocycles. The normalized spacial score (nSPS) is 16.0. The standard InChI is InChI=1S/C14H16N4/c1-10-7-8-13-14(17-11-5-3-4-6-11)12(15-2)9-16-18(10)13/h7-9,11,17H,3-6H2,1H3. The summed E-state index contributed by atoms with van der Waals surface area (Å²) >= 11 is 0. The van der Waals surface area contributed by atoms with Crippen molar-refractivity contribution in [3.63, 3.8) is 0 Å². The van der Waals surface area contributed by atoms with Gasteiger partial charge in [0, 0.05) is 11.7 Å². The number of aromatic nitrogens is 2. The molecule has 0 atom stereocenters. The van der Waals surface area contributed by atoms with Gasteiger partial charge >= 0.3 is 0 Å². The molecule has 18 heavy (non-hydrogen) atoms. The van der Waals surface area contributed by atoms with Crippen LogP contribution < -0.4 is 5.32 Å². The van der Waals surface area contributed by atoms with Gasteiger partial charge in [-0.3, -0.25) is 0 Å². The number of fused-ring (bicyclic) bond motifs is 1. The SMILES string of the molecule is [C-]#[N+]c1cnn2c(C)ccc2c1NC1CCCC1. The second-order valence-electron chi connectivity index (χ2n) is 4.91. The molecule has 2 aromatic heterocycles. The molecule has 3 rings (SSSR count). The first-order valence-corrected chi connectivity index (χ1v) is 6.41. The quantitative estimate of drug-likeness (QED) is 0.814. The zero-order valence-electron chi connectivity index (χ0n) is 10.5. The second-order valence-corrected chi connectivity index (χ2v) is 4.91. The van der Waals surface area contributed by atoms with Crippen LogP contribution in [0.15, 0.2) is 18.3 Å². The number of nitrogens with zero attached hydrogens (tertiary/aromatic N) is 3. The molecule has 4 nitrogen and oxygen atoms in total. The first-order valence-electron chi connectivity index (χ1n) is 6.41. The molecule has 1 saturated carbocycles. The number of hydrogen-bond acceptors (Lipinski definition) is 2. The zero-order chi connectivity index (χ0) is 12.5. The third kappa shape index (κ3) is 1.72. The van der Waals surface area contributed by atoms with Crippen LogP contribution in [-0.4, -0.2) is 15.7 Å². The summed E-state index contributed by atoms with van der Waals surface area (Å²) in [7, 11) is 0. The maximum absolute atomic E-state index is 7.28. The van der Waals surface area contributed by atoms with Crippen molar-refractivity contribution in [3.05, 3.63) is 35.4 Å². The fourth-order valence-electron chi connectivity index (χ4n) is 2.69. The number of anilines is 1. The summed E-state index contributed by atoms with van der Waals surface area (Å²) in [6.45, 7) is 9.30. The Morgan fingerprint density at radius 2 is 2.17 bits per heavy atom. The Morgan fingerprint density at radius 3 is 2.89 bits per heavy atom. The summed E-state index contributed by atoms with van der Waals surface area (Å²) in [5.74, 6) is 0. The third-order valence-electron chi connectivity index (χ3n) is 3.68. The molecule has 4 heteroatoms. The van der Waals surface area contributed by atoms with Gasteiger partial charge in [-0.25, -0.2) is 9.36 Å². The molecule has 0 saturated heterocycles. The van der Waals surface area contributed by atoms with Gasteiger partial charge in [0.1, 0.15) is 0 Å². The summed E-state index contributed by atoms with van der Waals surface area (Å²) in [5.41, 5.74) is 3.66. The van der Waals surface area contributed by atoms with Crippen molar-refractivity contribution in [1.82, 2.24) is 9.61 Å². The molecule has 0 radical (unpaired) electrons. The minimum atomic E-state index is 0.506. The van der Waals surface area contributed by atoms with Gasteiger partial charge in [-0.2, -0.15) is 5.10 Å². The predicted molar refractivity (Wildman–Crippen MR) is 72.1 cm³/mol. The van der Waals surface area contributed by atoms with Gasteiger partial charge in [-0.1, -0.05) is 12.8 Å². The molecule has 1 aliphatic carbocycles. The lowest BCUT2D eigenvalue weighted by molar-refractivity contribution is 0.755. The van der Waals surface area contributed by atoms with Crippen LogP contribution in [0.1, 0.15) is 31.4 Å². The number of aryl methyl sites for hydroxylation is 1. The van der Waals surface area contributed by atoms with Gasteiger partial charge in [-0.05, 0) is 31.9 Å². The van der Waals surface area contributed by atoms with Crippen LogP contribution in [0.3, 0.4) is 0 Å². The average Bonchev–Trinajstić information content (AvgIpc) is 3.00. The van der Waals surface area contributed by atoms with E-state index in [9.17, 15) is 0 Å². The van der Waals surface area contributed by atoms with Gasteiger partial charge in [-0.15, -0.1) is 0 Å². The first kappa shape index (κ1) is 11.1. The smallest absolute Gasteiger partial charge is 0.231 e. The Labute approximate surface area is 106 Å². The lowest BCUT2D eigenvalue weighted by Crippen LogP contribution is -2.15. The minimum Gasteiger partial charge on any atom is -0.389 e. The van der Waals surface area contributed by atoms with E-state index < -0.39 is 0 Å². The Hall–Kier alpha value is -2.02. The Balaban J connectivity index is 2.08. The van der Waals surface area contributed by atoms with E-state index in [1.54, 1.807) is 6.20 Å². The lowest BCUT2D eigenvalue weighted by atomic mass is 10.2. The van der Waals surface area contributed by atoms with E-state index in [0.717, 1.165) is 16.9 Å². The highest BCUT2D eigenvalue weighted by Gasteiger charge is 2.18. The molecule has 1 fully saturated rings. The van der Waals surface area contributed by atoms with Gasteiger partial charge in [0.15, 0.2) is 0 Å². The molecule has 2 heterocycles. The van der Waals surface area contributed by atoms with Crippen LogP contribution >= 0.6 is 0 Å². The first-order chi connectivity index (χ1) is 8.79. The number of rotatable bonds is 2. The fourth-order valence-corrected chi connectivity index (χ4v) is 2.69. The lowest BCUT2D eigenvalue weighted by Gasteiger charge is -2.16. The van der Waals surface area contributed by atoms with Crippen LogP contribution in [0.25, 0.3) is 10.4 Å². The van der Waals surface area contributed by atoms with E-state index in [1.165, 1.54) is 25.7 Å². The van der Waals surface area contributed by atoms with Crippen LogP contribution in [0.4, 0.5) is 11.4 Å². The summed E-state index contributed by atoms with van der Waals surface area (Å²) in [6.07, 6.45) is 6.63. The second kappa shape index (κ2) is 4.34. The van der Waals surface area contributed by atoms with Gasteiger partial charge in [0.2, 0.25) is 5.69 Å². The summed E-state index contributed by atoms with van der Waals surface area (Å²) in [5, 5.41) is 7.85. The zero-order valence-corrected chi connectivity index (χ0v) is 10.5. The van der Waals surface area contributed by atoms with Crippen LogP contribution in [0, 0.1) is 13.5 Å². The van der Waals surface area contributed by atoms with Crippen molar-refractivity contribution in [2.75, 3.05) is 5.32 Å². The molecular formula is C14H16N4. The molecule has 0 unspecified atom stereocenters. The van der Waals surface area contributed by atoms with Crippen molar-refractivity contribution in [2.45, 2.75) is 38.6 Å². The van der Waals surface area contributed by atoms with Gasteiger partial charge < -0.3 is 5.32 Å². The summed E-state index contributed by atoms with van der Waals surface area (Å²) in [4.78, 5) is 3.58. The summed E-state index contributed by atoms with van der Waals surface area (Å²) in [6, 6.07) is 4.58. The minimum absolute atomic E-state index is 0.506. The molecule has 92 valence electrons. The Bertz CT molecular complexity index is 614. The number of hydrogen-bond donors (Lipinski definition) is 1. The van der Waals surface area contributed by atoms with Gasteiger partial charge in [0.25, 0.3) is 0 Å². The molecule has 0 aliphatic heterocycles. The van der Waals surface area contributed by atoms with Crippen molar-refractivity contribution in [1.29, 1.82) is 0 Å². The molecule has 2 aromatic rings. The van der Waals surface area contributed by atoms with Crippen LogP contribution in [0.5, 0.6) is 0 Å². The van der Waals surface area contributed by atoms with Crippen molar-refractivity contribution in [3.8, 4) is 0 Å². The number of nitrogens with one attached hydrogen (secondary N) is 1. The van der Waals surface area contributed by atoms with E-state index in [0.29, 0.717) is 11.7 Å². The Kier molecular flexibility index (Phi) is 2.67. The highest BCUT2D eigenvalue weighted by atomic mass is 15.2.